The van der Waals surface area contributed by atoms with Gasteiger partial charge in [0.25, 0.3) is 5.91 Å². The molecule has 1 N–H and O–H groups in total. The molecule has 2 aromatic carbocycles. The van der Waals surface area contributed by atoms with E-state index in [1.54, 1.807) is 13.0 Å². The minimum absolute atomic E-state index is 0.114. The number of hydrogen-bond acceptors (Lipinski definition) is 4. The Morgan fingerprint density at radius 3 is 2.19 bits per heavy atom. The minimum Gasteiger partial charge on any atom is -0.336 e. The third-order valence-corrected chi connectivity index (χ3v) is 7.68. The van der Waals surface area contributed by atoms with Gasteiger partial charge in [-0.2, -0.15) is 0 Å². The molecule has 1 saturated heterocycles. The van der Waals surface area contributed by atoms with E-state index in [-0.39, 0.29) is 10.8 Å². The van der Waals surface area contributed by atoms with Crippen LogP contribution in [0.25, 0.3) is 0 Å². The Kier molecular flexibility index (Phi) is 7.19. The lowest BCUT2D eigenvalue weighted by molar-refractivity contribution is 0.0628. The number of nitrogens with one attached hydrogen (secondary N) is 1. The summed E-state index contributed by atoms with van der Waals surface area (Å²) in [5.74, 6) is 0.411. The fourth-order valence-electron chi connectivity index (χ4n) is 3.90. The number of aryl methyl sites for hydroxylation is 1. The quantitative estimate of drug-likeness (QED) is 0.744. The van der Waals surface area contributed by atoms with E-state index in [9.17, 15) is 13.2 Å². The summed E-state index contributed by atoms with van der Waals surface area (Å²) >= 11 is 0. The van der Waals surface area contributed by atoms with E-state index >= 15 is 0 Å². The Hall–Kier alpha value is -2.22. The number of benzene rings is 2. The number of amides is 1. The first kappa shape index (κ1) is 23.4. The highest BCUT2D eigenvalue weighted by Crippen LogP contribution is 2.23. The number of piperazine rings is 1. The van der Waals surface area contributed by atoms with E-state index in [1.807, 2.05) is 11.8 Å². The summed E-state index contributed by atoms with van der Waals surface area (Å²) in [5, 5.41) is 0. The summed E-state index contributed by atoms with van der Waals surface area (Å²) in [7, 11) is -2.24. The maximum Gasteiger partial charge on any atom is 0.253 e. The highest BCUT2D eigenvalue weighted by Gasteiger charge is 2.25. The molecule has 1 aliphatic heterocycles. The van der Waals surface area contributed by atoms with Crippen molar-refractivity contribution in [2.24, 2.45) is 0 Å². The van der Waals surface area contributed by atoms with Gasteiger partial charge in [0.1, 0.15) is 0 Å². The van der Waals surface area contributed by atoms with E-state index in [2.05, 4.69) is 47.7 Å². The monoisotopic (exact) mass is 443 g/mol. The van der Waals surface area contributed by atoms with Crippen LogP contribution < -0.4 is 4.72 Å². The predicted octanol–water partition coefficient (Wildman–Crippen LogP) is 3.29. The Labute approximate surface area is 186 Å². The van der Waals surface area contributed by atoms with Gasteiger partial charge in [-0.15, -0.1) is 0 Å². The van der Waals surface area contributed by atoms with Crippen LogP contribution in [0.2, 0.25) is 0 Å². The SMILES string of the molecule is CNS(=O)(=O)c1cc(C(=O)N2CCN(Cc3ccc(C(C)C)cc3)CC2)cc(C)c1C. The van der Waals surface area contributed by atoms with Gasteiger partial charge in [0.15, 0.2) is 0 Å². The fraction of sp³-hybridized carbons (Fsp3) is 0.458. The maximum absolute atomic E-state index is 13.1. The molecule has 1 fully saturated rings. The molecule has 168 valence electrons. The Morgan fingerprint density at radius 2 is 1.65 bits per heavy atom. The molecule has 31 heavy (non-hydrogen) atoms. The molecular weight excluding hydrogens is 410 g/mol. The molecule has 0 saturated carbocycles. The second kappa shape index (κ2) is 9.51. The zero-order valence-corrected chi connectivity index (χ0v) is 19.9. The number of hydrogen-bond donors (Lipinski definition) is 1. The molecule has 1 heterocycles. The summed E-state index contributed by atoms with van der Waals surface area (Å²) in [6, 6.07) is 12.0. The third-order valence-electron chi connectivity index (χ3n) is 6.14. The molecule has 0 unspecified atom stereocenters. The van der Waals surface area contributed by atoms with Crippen LogP contribution in [-0.4, -0.2) is 57.4 Å². The first-order valence-corrected chi connectivity index (χ1v) is 12.3. The van der Waals surface area contributed by atoms with Crippen molar-refractivity contribution >= 4 is 15.9 Å². The van der Waals surface area contributed by atoms with Crippen LogP contribution in [0, 0.1) is 13.8 Å². The van der Waals surface area contributed by atoms with E-state index in [4.69, 9.17) is 0 Å². The first-order chi connectivity index (χ1) is 14.6. The number of carbonyl (C=O) groups is 1. The maximum atomic E-state index is 13.1. The van der Waals surface area contributed by atoms with E-state index in [1.165, 1.54) is 24.2 Å². The minimum atomic E-state index is -3.62. The Morgan fingerprint density at radius 1 is 1.03 bits per heavy atom. The lowest BCUT2D eigenvalue weighted by atomic mass is 10.0. The largest absolute Gasteiger partial charge is 0.336 e. The molecule has 0 bridgehead atoms. The van der Waals surface area contributed by atoms with Crippen molar-refractivity contribution < 1.29 is 13.2 Å². The van der Waals surface area contributed by atoms with Crippen LogP contribution in [0.4, 0.5) is 0 Å². The van der Waals surface area contributed by atoms with Gasteiger partial charge in [-0.25, -0.2) is 13.1 Å². The van der Waals surface area contributed by atoms with Gasteiger partial charge in [-0.05, 0) is 61.2 Å². The van der Waals surface area contributed by atoms with Crippen molar-refractivity contribution in [3.63, 3.8) is 0 Å². The molecule has 0 atom stereocenters. The van der Waals surface area contributed by atoms with Crippen LogP contribution in [0.1, 0.15) is 52.4 Å². The smallest absolute Gasteiger partial charge is 0.253 e. The third kappa shape index (κ3) is 5.34. The molecule has 3 rings (SSSR count). The second-order valence-electron chi connectivity index (χ2n) is 8.59. The normalized spacial score (nSPS) is 15.5. The van der Waals surface area contributed by atoms with Crippen molar-refractivity contribution in [2.75, 3.05) is 33.2 Å². The molecule has 0 aliphatic carbocycles. The van der Waals surface area contributed by atoms with Crippen LogP contribution in [0.5, 0.6) is 0 Å². The predicted molar refractivity (Wildman–Crippen MR) is 124 cm³/mol. The number of rotatable bonds is 6. The molecule has 6 nitrogen and oxygen atoms in total. The molecule has 1 amide bonds. The summed E-state index contributed by atoms with van der Waals surface area (Å²) in [6.07, 6.45) is 0. The number of nitrogens with zero attached hydrogens (tertiary/aromatic N) is 2. The van der Waals surface area contributed by atoms with Gasteiger partial charge in [0, 0.05) is 38.3 Å². The Balaban J connectivity index is 1.66. The summed E-state index contributed by atoms with van der Waals surface area (Å²) in [6.45, 7) is 11.7. The van der Waals surface area contributed by atoms with Crippen molar-refractivity contribution in [2.45, 2.75) is 45.1 Å². The van der Waals surface area contributed by atoms with Crippen LogP contribution in [0.15, 0.2) is 41.3 Å². The lowest BCUT2D eigenvalue weighted by Crippen LogP contribution is -2.48. The van der Waals surface area contributed by atoms with Crippen molar-refractivity contribution in [3.05, 3.63) is 64.2 Å². The van der Waals surface area contributed by atoms with Crippen LogP contribution in [-0.2, 0) is 16.6 Å². The number of sulfonamides is 1. The van der Waals surface area contributed by atoms with Crippen LogP contribution >= 0.6 is 0 Å². The van der Waals surface area contributed by atoms with Gasteiger partial charge in [0.2, 0.25) is 10.0 Å². The summed E-state index contributed by atoms with van der Waals surface area (Å²) < 4.78 is 27.1. The van der Waals surface area contributed by atoms with Gasteiger partial charge in [0.05, 0.1) is 4.90 Å². The average Bonchev–Trinajstić information content (AvgIpc) is 2.75. The van der Waals surface area contributed by atoms with Crippen molar-refractivity contribution in [1.29, 1.82) is 0 Å². The fourth-order valence-corrected chi connectivity index (χ4v) is 4.96. The first-order valence-electron chi connectivity index (χ1n) is 10.8. The molecule has 7 heteroatoms. The van der Waals surface area contributed by atoms with E-state index in [0.717, 1.165) is 25.2 Å². The topological polar surface area (TPSA) is 69.7 Å². The van der Waals surface area contributed by atoms with Crippen molar-refractivity contribution in [3.8, 4) is 0 Å². The zero-order chi connectivity index (χ0) is 22.8. The molecule has 0 radical (unpaired) electrons. The molecular formula is C24H33N3O3S. The molecule has 0 spiro atoms. The lowest BCUT2D eigenvalue weighted by Gasteiger charge is -2.35. The number of carbonyl (C=O) groups excluding carboxylic acids is 1. The van der Waals surface area contributed by atoms with E-state index in [0.29, 0.717) is 30.1 Å². The van der Waals surface area contributed by atoms with Gasteiger partial charge in [-0.3, -0.25) is 9.69 Å². The van der Waals surface area contributed by atoms with Gasteiger partial charge >= 0.3 is 0 Å². The Bertz CT molecular complexity index is 1040. The summed E-state index contributed by atoms with van der Waals surface area (Å²) in [5.41, 5.74) is 4.50. The highest BCUT2D eigenvalue weighted by atomic mass is 32.2. The van der Waals surface area contributed by atoms with Gasteiger partial charge < -0.3 is 4.90 Å². The summed E-state index contributed by atoms with van der Waals surface area (Å²) in [4.78, 5) is 17.4. The van der Waals surface area contributed by atoms with Crippen molar-refractivity contribution in [1.82, 2.24) is 14.5 Å². The molecule has 2 aromatic rings. The average molecular weight is 444 g/mol. The zero-order valence-electron chi connectivity index (χ0n) is 19.1. The van der Waals surface area contributed by atoms with Crippen LogP contribution in [0.3, 0.4) is 0 Å². The van der Waals surface area contributed by atoms with E-state index < -0.39 is 10.0 Å². The standard InChI is InChI=1S/C24H33N3O3S/c1-17(2)21-8-6-20(7-9-21)16-26-10-12-27(13-11-26)24(28)22-14-18(3)19(4)23(15-22)31(29,30)25-5/h6-9,14-15,17,25H,10-13,16H2,1-5H3. The van der Waals surface area contributed by atoms with Gasteiger partial charge in [-0.1, -0.05) is 38.1 Å². The highest BCUT2D eigenvalue weighted by molar-refractivity contribution is 7.89. The molecule has 0 aromatic heterocycles. The molecule has 1 aliphatic rings. The second-order valence-corrected chi connectivity index (χ2v) is 10.4.